The summed E-state index contributed by atoms with van der Waals surface area (Å²) in [5, 5.41) is 5.73. The molecule has 0 aromatic heterocycles. The molecule has 0 spiro atoms. The number of ketones is 1. The second-order valence-electron chi connectivity index (χ2n) is 10.9. The predicted octanol–water partition coefficient (Wildman–Crippen LogP) is 5.37. The smallest absolute Gasteiger partial charge is 0.255 e. The van der Waals surface area contributed by atoms with Gasteiger partial charge in [-0.05, 0) is 79.3 Å². The fourth-order valence-corrected chi connectivity index (χ4v) is 5.40. The molecule has 2 aliphatic rings. The van der Waals surface area contributed by atoms with Gasteiger partial charge in [-0.2, -0.15) is 0 Å². The number of methoxy groups -OCH3 is 1. The molecule has 0 saturated carbocycles. The number of benzene rings is 4. The zero-order valence-electron chi connectivity index (χ0n) is 24.6. The standard InChI is InChI=1S/C35H33N5O4/c1-39-16-18-40(19-17-39)28-11-9-26(10-12-28)36-22-31-30-15-8-25(21-32(30)38-35(31)43)33(41)24-4-3-5-27(20-24)37-34(42)23-6-13-29(44-2)14-7-23/h3-15,20-22,31H,16-19H2,1-2H3,(H,37,42)(H,38,43). The van der Waals surface area contributed by atoms with E-state index in [0.29, 0.717) is 33.8 Å². The highest BCUT2D eigenvalue weighted by Gasteiger charge is 2.30. The van der Waals surface area contributed by atoms with Gasteiger partial charge in [0, 0.05) is 66.1 Å². The topological polar surface area (TPSA) is 103 Å². The molecule has 2 heterocycles. The number of nitrogens with zero attached hydrogens (tertiary/aromatic N) is 3. The number of amides is 2. The van der Waals surface area contributed by atoms with E-state index in [-0.39, 0.29) is 17.6 Å². The first-order valence-corrected chi connectivity index (χ1v) is 14.5. The molecule has 1 atom stereocenters. The van der Waals surface area contributed by atoms with Crippen molar-refractivity contribution in [1.82, 2.24) is 4.90 Å². The van der Waals surface area contributed by atoms with Crippen LogP contribution in [0.1, 0.15) is 37.8 Å². The molecule has 4 aromatic rings. The summed E-state index contributed by atoms with van der Waals surface area (Å²) in [5.74, 6) is -0.602. The Hall–Kier alpha value is -5.28. The molecular formula is C35H33N5O4. The molecule has 222 valence electrons. The van der Waals surface area contributed by atoms with Gasteiger partial charge in [0.25, 0.3) is 5.91 Å². The van der Waals surface area contributed by atoms with Gasteiger partial charge in [-0.1, -0.05) is 24.3 Å². The molecule has 0 bridgehead atoms. The van der Waals surface area contributed by atoms with Crippen LogP contribution in [0.4, 0.5) is 22.7 Å². The molecule has 0 radical (unpaired) electrons. The second-order valence-corrected chi connectivity index (χ2v) is 10.9. The highest BCUT2D eigenvalue weighted by atomic mass is 16.5. The number of hydrogen-bond acceptors (Lipinski definition) is 7. The number of rotatable bonds is 8. The molecule has 0 aliphatic carbocycles. The number of fused-ring (bicyclic) bond motifs is 1. The van der Waals surface area contributed by atoms with Crippen molar-refractivity contribution in [1.29, 1.82) is 0 Å². The van der Waals surface area contributed by atoms with Crippen LogP contribution in [0.3, 0.4) is 0 Å². The lowest BCUT2D eigenvalue weighted by Crippen LogP contribution is -2.44. The first-order valence-electron chi connectivity index (χ1n) is 14.5. The fourth-order valence-electron chi connectivity index (χ4n) is 5.40. The van der Waals surface area contributed by atoms with Crippen molar-refractivity contribution in [3.63, 3.8) is 0 Å². The fraction of sp³-hybridized carbons (Fsp3) is 0.200. The van der Waals surface area contributed by atoms with Gasteiger partial charge >= 0.3 is 0 Å². The largest absolute Gasteiger partial charge is 0.497 e. The molecule has 2 amide bonds. The van der Waals surface area contributed by atoms with E-state index in [4.69, 9.17) is 4.74 Å². The minimum absolute atomic E-state index is 0.189. The summed E-state index contributed by atoms with van der Waals surface area (Å²) in [4.78, 5) is 48.2. The van der Waals surface area contributed by atoms with Crippen LogP contribution < -0.4 is 20.3 Å². The molecule has 2 N–H and O–H groups in total. The van der Waals surface area contributed by atoms with Crippen molar-refractivity contribution in [2.45, 2.75) is 5.92 Å². The Morgan fingerprint density at radius 2 is 1.59 bits per heavy atom. The van der Waals surface area contributed by atoms with Crippen molar-refractivity contribution in [2.24, 2.45) is 4.99 Å². The number of anilines is 3. The Bertz CT molecular complexity index is 1730. The Morgan fingerprint density at radius 1 is 0.886 bits per heavy atom. The number of likely N-dealkylation sites (N-methyl/N-ethyl adjacent to an activating group) is 1. The number of nitrogens with one attached hydrogen (secondary N) is 2. The Balaban J connectivity index is 1.12. The van der Waals surface area contributed by atoms with E-state index in [2.05, 4.69) is 44.6 Å². The van der Waals surface area contributed by atoms with Crippen molar-refractivity contribution in [2.75, 3.05) is 55.9 Å². The van der Waals surface area contributed by atoms with Crippen LogP contribution in [-0.2, 0) is 4.79 Å². The van der Waals surface area contributed by atoms with Crippen molar-refractivity contribution in [3.8, 4) is 5.75 Å². The molecule has 1 fully saturated rings. The van der Waals surface area contributed by atoms with Crippen LogP contribution in [-0.4, -0.2) is 69.0 Å². The molecule has 4 aromatic carbocycles. The summed E-state index contributed by atoms with van der Waals surface area (Å²) in [7, 11) is 3.70. The number of hydrogen-bond donors (Lipinski definition) is 2. The average Bonchev–Trinajstić information content (AvgIpc) is 3.38. The summed E-state index contributed by atoms with van der Waals surface area (Å²) in [5.41, 5.74) is 5.12. The molecule has 6 rings (SSSR count). The van der Waals surface area contributed by atoms with E-state index >= 15 is 0 Å². The third kappa shape index (κ3) is 6.23. The molecule has 44 heavy (non-hydrogen) atoms. The van der Waals surface area contributed by atoms with Gasteiger partial charge in [0.05, 0.1) is 12.8 Å². The van der Waals surface area contributed by atoms with E-state index in [1.807, 2.05) is 12.1 Å². The number of ether oxygens (including phenoxy) is 1. The summed E-state index contributed by atoms with van der Waals surface area (Å²) in [6.07, 6.45) is 1.66. The van der Waals surface area contributed by atoms with E-state index in [9.17, 15) is 14.4 Å². The van der Waals surface area contributed by atoms with Crippen LogP contribution in [0.15, 0.2) is 96.0 Å². The first-order chi connectivity index (χ1) is 21.4. The van der Waals surface area contributed by atoms with E-state index in [1.165, 1.54) is 5.69 Å². The second kappa shape index (κ2) is 12.5. The van der Waals surface area contributed by atoms with Crippen LogP contribution in [0.25, 0.3) is 0 Å². The van der Waals surface area contributed by atoms with Crippen LogP contribution in [0.2, 0.25) is 0 Å². The van der Waals surface area contributed by atoms with Gasteiger partial charge in [-0.15, -0.1) is 0 Å². The monoisotopic (exact) mass is 587 g/mol. The van der Waals surface area contributed by atoms with E-state index < -0.39 is 5.92 Å². The van der Waals surface area contributed by atoms with Gasteiger partial charge in [0.1, 0.15) is 11.7 Å². The number of carbonyl (C=O) groups excluding carboxylic acids is 3. The van der Waals surface area contributed by atoms with Crippen molar-refractivity contribution < 1.29 is 19.1 Å². The third-order valence-corrected chi connectivity index (χ3v) is 8.02. The van der Waals surface area contributed by atoms with Gasteiger partial charge in [0.2, 0.25) is 5.91 Å². The number of carbonyl (C=O) groups is 3. The SMILES string of the molecule is COc1ccc(C(=O)Nc2cccc(C(=O)c3ccc4c(c3)NC(=O)C4C=Nc3ccc(N4CCN(C)CC4)cc3)c2)cc1. The molecule has 2 aliphatic heterocycles. The first kappa shape index (κ1) is 28.8. The zero-order valence-corrected chi connectivity index (χ0v) is 24.6. The number of piperazine rings is 1. The number of aliphatic imine (C=N–C) groups is 1. The molecule has 1 unspecified atom stereocenters. The minimum Gasteiger partial charge on any atom is -0.497 e. The lowest BCUT2D eigenvalue weighted by molar-refractivity contribution is -0.115. The van der Waals surface area contributed by atoms with Gasteiger partial charge in [-0.3, -0.25) is 19.4 Å². The maximum atomic E-state index is 13.4. The van der Waals surface area contributed by atoms with Gasteiger partial charge < -0.3 is 25.2 Å². The highest BCUT2D eigenvalue weighted by Crippen LogP contribution is 2.33. The Kier molecular flexibility index (Phi) is 8.21. The van der Waals surface area contributed by atoms with Crippen molar-refractivity contribution in [3.05, 3.63) is 113 Å². The lowest BCUT2D eigenvalue weighted by atomic mass is 9.97. The highest BCUT2D eigenvalue weighted by molar-refractivity contribution is 6.15. The molecular weight excluding hydrogens is 554 g/mol. The molecule has 9 nitrogen and oxygen atoms in total. The summed E-state index contributed by atoms with van der Waals surface area (Å²) in [6.45, 7) is 4.07. The van der Waals surface area contributed by atoms with Crippen molar-refractivity contribution >= 4 is 46.6 Å². The van der Waals surface area contributed by atoms with E-state index in [0.717, 1.165) is 37.4 Å². The third-order valence-electron chi connectivity index (χ3n) is 8.02. The summed E-state index contributed by atoms with van der Waals surface area (Å²) >= 11 is 0. The van der Waals surface area contributed by atoms with E-state index in [1.54, 1.807) is 80.1 Å². The normalized spacial score (nSPS) is 16.5. The molecule has 1 saturated heterocycles. The maximum absolute atomic E-state index is 13.4. The Labute approximate surface area is 256 Å². The lowest BCUT2D eigenvalue weighted by Gasteiger charge is -2.34. The average molecular weight is 588 g/mol. The quantitative estimate of drug-likeness (QED) is 0.212. The Morgan fingerprint density at radius 3 is 2.32 bits per heavy atom. The predicted molar refractivity (Wildman–Crippen MR) is 173 cm³/mol. The summed E-state index contributed by atoms with van der Waals surface area (Å²) < 4.78 is 5.14. The zero-order chi connectivity index (χ0) is 30.6. The van der Waals surface area contributed by atoms with Gasteiger partial charge in [-0.25, -0.2) is 0 Å². The van der Waals surface area contributed by atoms with Gasteiger partial charge in [0.15, 0.2) is 5.78 Å². The van der Waals surface area contributed by atoms with Crippen LogP contribution in [0, 0.1) is 0 Å². The summed E-state index contributed by atoms with van der Waals surface area (Å²) in [6, 6.07) is 26.8. The minimum atomic E-state index is -0.553. The van der Waals surface area contributed by atoms with Crippen LogP contribution in [0.5, 0.6) is 5.75 Å². The maximum Gasteiger partial charge on any atom is 0.255 e. The molecule has 9 heteroatoms. The van der Waals surface area contributed by atoms with Crippen LogP contribution >= 0.6 is 0 Å².